The number of fused-ring (bicyclic) bond motifs is 1. The summed E-state index contributed by atoms with van der Waals surface area (Å²) >= 11 is 0. The number of nitrogens with zero attached hydrogens (tertiary/aromatic N) is 5. The molecule has 2 aromatic heterocycles. The molecule has 1 aliphatic heterocycles. The van der Waals surface area contributed by atoms with Gasteiger partial charge in [0, 0.05) is 40.3 Å². The highest BCUT2D eigenvalue weighted by molar-refractivity contribution is 5.77. The average Bonchev–Trinajstić information content (AvgIpc) is 2.92. The third-order valence-corrected chi connectivity index (χ3v) is 3.89. The maximum Gasteiger partial charge on any atom is 0.332 e. The Bertz CT molecular complexity index is 891. The second kappa shape index (κ2) is 5.32. The van der Waals surface area contributed by atoms with Gasteiger partial charge in [0.1, 0.15) is 0 Å². The Morgan fingerprint density at radius 1 is 1.23 bits per heavy atom. The Labute approximate surface area is 126 Å². The maximum atomic E-state index is 12.5. The number of hydrogen-bond acceptors (Lipinski definition) is 5. The van der Waals surface area contributed by atoms with Gasteiger partial charge in [-0.05, 0) is 0 Å². The zero-order valence-corrected chi connectivity index (χ0v) is 12.7. The van der Waals surface area contributed by atoms with Crippen LogP contribution in [0.2, 0.25) is 0 Å². The molecule has 0 spiro atoms. The van der Waals surface area contributed by atoms with E-state index in [2.05, 4.69) is 27.5 Å². The summed E-state index contributed by atoms with van der Waals surface area (Å²) in [6.07, 6.45) is 1.58. The predicted octanol–water partition coefficient (Wildman–Crippen LogP) is -0.901. The van der Waals surface area contributed by atoms with E-state index in [1.807, 2.05) is 0 Å². The Balaban J connectivity index is 2.38. The number of anilines is 1. The number of aryl methyl sites for hydroxylation is 1. The van der Waals surface area contributed by atoms with Crippen LogP contribution in [0.4, 0.5) is 5.95 Å². The van der Waals surface area contributed by atoms with Crippen molar-refractivity contribution in [2.75, 3.05) is 31.1 Å². The fourth-order valence-corrected chi connectivity index (χ4v) is 2.70. The quantitative estimate of drug-likeness (QED) is 0.728. The van der Waals surface area contributed by atoms with Crippen molar-refractivity contribution < 1.29 is 0 Å². The van der Waals surface area contributed by atoms with Gasteiger partial charge in [0.2, 0.25) is 5.95 Å². The first-order chi connectivity index (χ1) is 10.6. The molecule has 1 aliphatic rings. The highest BCUT2D eigenvalue weighted by Crippen LogP contribution is 2.20. The van der Waals surface area contributed by atoms with E-state index < -0.39 is 5.69 Å². The molecule has 0 atom stereocenters. The van der Waals surface area contributed by atoms with Gasteiger partial charge in [0.15, 0.2) is 11.2 Å². The largest absolute Gasteiger partial charge is 0.339 e. The van der Waals surface area contributed by atoms with E-state index in [-0.39, 0.29) is 5.56 Å². The molecule has 0 aliphatic carbocycles. The summed E-state index contributed by atoms with van der Waals surface area (Å²) in [5.74, 6) is 0.631. The summed E-state index contributed by atoms with van der Waals surface area (Å²) in [5.41, 5.74) is 2.65. The van der Waals surface area contributed by atoms with Crippen LogP contribution in [0.15, 0.2) is 21.9 Å². The van der Waals surface area contributed by atoms with E-state index in [1.165, 1.54) is 11.6 Å². The Morgan fingerprint density at radius 2 is 1.91 bits per heavy atom. The summed E-state index contributed by atoms with van der Waals surface area (Å²) in [4.78, 5) is 31.2. The zero-order chi connectivity index (χ0) is 15.9. The molecule has 116 valence electrons. The van der Waals surface area contributed by atoms with Gasteiger partial charge >= 0.3 is 5.69 Å². The first-order valence-corrected chi connectivity index (χ1v) is 7.06. The minimum absolute atomic E-state index is 0.356. The number of nitrogens with one attached hydrogen (secondary N) is 1. The first kappa shape index (κ1) is 14.4. The lowest BCUT2D eigenvalue weighted by Gasteiger charge is -2.27. The third-order valence-electron chi connectivity index (χ3n) is 3.89. The fraction of sp³-hybridized carbons (Fsp3) is 0.429. The van der Waals surface area contributed by atoms with Crippen LogP contribution in [0.3, 0.4) is 0 Å². The van der Waals surface area contributed by atoms with Crippen LogP contribution in [0, 0.1) is 0 Å². The molecule has 1 fully saturated rings. The van der Waals surface area contributed by atoms with Crippen molar-refractivity contribution in [3.05, 3.63) is 33.1 Å². The number of rotatable bonds is 2. The van der Waals surface area contributed by atoms with Crippen LogP contribution in [-0.2, 0) is 14.1 Å². The van der Waals surface area contributed by atoms with E-state index in [0.717, 1.165) is 30.7 Å². The molecule has 0 bridgehead atoms. The number of aromatic nitrogens is 4. The SMILES string of the molecule is C=C=Cn1c(N2CCNCC2)nc2c1c(=O)n(C)c(=O)n2C. The second-order valence-electron chi connectivity index (χ2n) is 5.23. The smallest absolute Gasteiger partial charge is 0.332 e. The zero-order valence-electron chi connectivity index (χ0n) is 12.7. The molecule has 3 rings (SSSR count). The van der Waals surface area contributed by atoms with Crippen LogP contribution in [0.1, 0.15) is 0 Å². The van der Waals surface area contributed by atoms with E-state index in [4.69, 9.17) is 0 Å². The van der Waals surface area contributed by atoms with Crippen LogP contribution in [0.25, 0.3) is 17.4 Å². The minimum atomic E-state index is -0.392. The molecule has 0 amide bonds. The van der Waals surface area contributed by atoms with E-state index >= 15 is 0 Å². The molecule has 1 N–H and O–H groups in total. The minimum Gasteiger partial charge on any atom is -0.339 e. The molecule has 3 heterocycles. The lowest BCUT2D eigenvalue weighted by atomic mass is 10.4. The van der Waals surface area contributed by atoms with Crippen molar-refractivity contribution in [3.63, 3.8) is 0 Å². The van der Waals surface area contributed by atoms with Gasteiger partial charge in [-0.3, -0.25) is 18.5 Å². The summed E-state index contributed by atoms with van der Waals surface area (Å²) < 4.78 is 4.13. The highest BCUT2D eigenvalue weighted by atomic mass is 16.2. The standard InChI is InChI=1S/C14H18N6O2/c1-4-7-20-10-11(17(2)14(22)18(3)12(10)21)16-13(20)19-8-5-15-6-9-19/h7,15H,1,5-6,8-9H2,2-3H3. The van der Waals surface area contributed by atoms with E-state index in [1.54, 1.807) is 17.8 Å². The molecule has 22 heavy (non-hydrogen) atoms. The molecule has 0 saturated carbocycles. The lowest BCUT2D eigenvalue weighted by molar-refractivity contribution is 0.579. The molecule has 8 heteroatoms. The van der Waals surface area contributed by atoms with Gasteiger partial charge < -0.3 is 10.2 Å². The Morgan fingerprint density at radius 3 is 2.55 bits per heavy atom. The molecule has 0 unspecified atom stereocenters. The van der Waals surface area contributed by atoms with Crippen LogP contribution >= 0.6 is 0 Å². The molecule has 8 nitrogen and oxygen atoms in total. The van der Waals surface area contributed by atoms with Gasteiger partial charge in [-0.15, -0.1) is 5.73 Å². The lowest BCUT2D eigenvalue weighted by Crippen LogP contribution is -2.44. The second-order valence-corrected chi connectivity index (χ2v) is 5.23. The van der Waals surface area contributed by atoms with Gasteiger partial charge in [0.25, 0.3) is 5.56 Å². The van der Waals surface area contributed by atoms with Crippen molar-refractivity contribution in [1.29, 1.82) is 0 Å². The highest BCUT2D eigenvalue weighted by Gasteiger charge is 2.22. The molecule has 1 saturated heterocycles. The first-order valence-electron chi connectivity index (χ1n) is 7.06. The summed E-state index contributed by atoms with van der Waals surface area (Å²) in [7, 11) is 3.07. The summed E-state index contributed by atoms with van der Waals surface area (Å²) in [6.45, 7) is 6.83. The topological polar surface area (TPSA) is 77.1 Å². The summed E-state index contributed by atoms with van der Waals surface area (Å²) in [6, 6.07) is 0. The van der Waals surface area contributed by atoms with Gasteiger partial charge in [-0.1, -0.05) is 6.58 Å². The maximum absolute atomic E-state index is 12.5. The van der Waals surface area contributed by atoms with Crippen molar-refractivity contribution in [2.45, 2.75) is 0 Å². The predicted molar refractivity (Wildman–Crippen MR) is 85.2 cm³/mol. The Kier molecular flexibility index (Phi) is 3.48. The van der Waals surface area contributed by atoms with Crippen molar-refractivity contribution in [1.82, 2.24) is 24.0 Å². The van der Waals surface area contributed by atoms with Gasteiger partial charge in [0.05, 0.1) is 6.20 Å². The Hall–Kier alpha value is -2.57. The normalized spacial score (nSPS) is 15.1. The number of hydrogen-bond donors (Lipinski definition) is 1. The van der Waals surface area contributed by atoms with Gasteiger partial charge in [-0.25, -0.2) is 4.79 Å². The molecular weight excluding hydrogens is 284 g/mol. The molecule has 0 aromatic carbocycles. The van der Waals surface area contributed by atoms with Crippen LogP contribution < -0.4 is 21.5 Å². The average molecular weight is 302 g/mol. The third kappa shape index (κ3) is 2.01. The monoisotopic (exact) mass is 302 g/mol. The van der Waals surface area contributed by atoms with Crippen molar-refractivity contribution in [3.8, 4) is 0 Å². The molecular formula is C14H18N6O2. The van der Waals surface area contributed by atoms with Crippen molar-refractivity contribution >= 4 is 23.3 Å². The number of piperazine rings is 1. The molecule has 0 radical (unpaired) electrons. The van der Waals surface area contributed by atoms with Crippen molar-refractivity contribution in [2.24, 2.45) is 14.1 Å². The summed E-state index contributed by atoms with van der Waals surface area (Å²) in [5, 5.41) is 3.27. The van der Waals surface area contributed by atoms with Crippen LogP contribution in [0.5, 0.6) is 0 Å². The molecule has 2 aromatic rings. The van der Waals surface area contributed by atoms with Crippen LogP contribution in [-0.4, -0.2) is 44.9 Å². The van der Waals surface area contributed by atoms with E-state index in [9.17, 15) is 9.59 Å². The fourth-order valence-electron chi connectivity index (χ4n) is 2.70. The van der Waals surface area contributed by atoms with Gasteiger partial charge in [-0.2, -0.15) is 4.98 Å². The van der Waals surface area contributed by atoms with E-state index in [0.29, 0.717) is 17.1 Å². The number of imidazole rings is 1.